The minimum absolute atomic E-state index is 0.0271. The van der Waals surface area contributed by atoms with E-state index >= 15 is 0 Å². The van der Waals surface area contributed by atoms with Gasteiger partial charge in [-0.3, -0.25) is 0 Å². The van der Waals surface area contributed by atoms with Gasteiger partial charge in [0, 0.05) is 11.3 Å². The third kappa shape index (κ3) is 2.04. The lowest BCUT2D eigenvalue weighted by Crippen LogP contribution is -2.34. The third-order valence-corrected chi connectivity index (χ3v) is 6.97. The largest absolute Gasteiger partial charge is 0.466 e. The molecule has 0 N–H and O–H groups in total. The minimum Gasteiger partial charge on any atom is -0.466 e. The Bertz CT molecular complexity index is 1100. The molecule has 154 valence electrons. The summed E-state index contributed by atoms with van der Waals surface area (Å²) in [5, 5.41) is 19.0. The molecule has 8 heteroatoms. The van der Waals surface area contributed by atoms with E-state index in [9.17, 15) is 20.1 Å². The van der Waals surface area contributed by atoms with E-state index in [0.717, 1.165) is 12.8 Å². The van der Waals surface area contributed by atoms with Crippen LogP contribution in [0, 0.1) is 34.0 Å². The number of aromatic nitrogens is 2. The first-order chi connectivity index (χ1) is 14.4. The molecule has 1 saturated carbocycles. The van der Waals surface area contributed by atoms with Gasteiger partial charge in [0.05, 0.1) is 42.2 Å². The maximum atomic E-state index is 13.1. The zero-order valence-electron chi connectivity index (χ0n) is 17.4. The molecule has 0 saturated heterocycles. The highest BCUT2D eigenvalue weighted by atomic mass is 16.5. The normalized spacial score (nSPS) is 29.5. The fraction of sp³-hybridized carbons (Fsp3) is 0.545. The molecule has 3 aliphatic carbocycles. The van der Waals surface area contributed by atoms with Crippen LogP contribution in [0.4, 0.5) is 0 Å². The molecule has 0 amide bonds. The van der Waals surface area contributed by atoms with Crippen molar-refractivity contribution in [2.75, 3.05) is 14.2 Å². The van der Waals surface area contributed by atoms with Crippen molar-refractivity contribution in [2.45, 2.75) is 50.9 Å². The fourth-order valence-corrected chi connectivity index (χ4v) is 6.33. The molecule has 1 fully saturated rings. The zero-order chi connectivity index (χ0) is 21.8. The van der Waals surface area contributed by atoms with Crippen molar-refractivity contribution >= 4 is 11.9 Å². The van der Waals surface area contributed by atoms with Crippen molar-refractivity contribution in [1.29, 1.82) is 10.5 Å². The van der Waals surface area contributed by atoms with E-state index < -0.39 is 22.8 Å². The van der Waals surface area contributed by atoms with E-state index in [4.69, 9.17) is 9.47 Å². The van der Waals surface area contributed by atoms with E-state index in [-0.39, 0.29) is 28.8 Å². The van der Waals surface area contributed by atoms with Crippen molar-refractivity contribution in [3.8, 4) is 12.1 Å². The Kier molecular flexibility index (Phi) is 4.43. The number of hydrogen-bond acceptors (Lipinski definition) is 8. The van der Waals surface area contributed by atoms with Crippen molar-refractivity contribution < 1.29 is 19.1 Å². The Morgan fingerprint density at radius 2 is 1.53 bits per heavy atom. The summed E-state index contributed by atoms with van der Waals surface area (Å²) in [6.45, 7) is 4.03. The molecule has 8 nitrogen and oxygen atoms in total. The van der Waals surface area contributed by atoms with E-state index in [1.807, 2.05) is 26.0 Å². The molecule has 0 bridgehead atoms. The van der Waals surface area contributed by atoms with E-state index in [1.165, 1.54) is 14.2 Å². The Morgan fingerprint density at radius 1 is 0.967 bits per heavy atom. The number of esters is 2. The highest BCUT2D eigenvalue weighted by molar-refractivity contribution is 6.07. The maximum absolute atomic E-state index is 13.1. The third-order valence-electron chi connectivity index (χ3n) is 6.97. The molecule has 30 heavy (non-hydrogen) atoms. The lowest BCUT2D eigenvalue weighted by molar-refractivity contribution is -0.140. The number of carbonyl (C=O) groups is 2. The van der Waals surface area contributed by atoms with Gasteiger partial charge < -0.3 is 9.47 Å². The van der Waals surface area contributed by atoms with Gasteiger partial charge in [0.2, 0.25) is 0 Å². The van der Waals surface area contributed by atoms with Crippen molar-refractivity contribution in [3.05, 3.63) is 33.9 Å². The van der Waals surface area contributed by atoms with Crippen LogP contribution in [-0.2, 0) is 24.5 Å². The maximum Gasteiger partial charge on any atom is 0.335 e. The average molecular weight is 406 g/mol. The molecule has 3 aliphatic rings. The summed E-state index contributed by atoms with van der Waals surface area (Å²) in [7, 11) is 2.60. The number of fused-ring (bicyclic) bond motifs is 4. The fourth-order valence-electron chi connectivity index (χ4n) is 6.33. The average Bonchev–Trinajstić information content (AvgIpc) is 3.25. The van der Waals surface area contributed by atoms with Crippen LogP contribution in [0.2, 0.25) is 0 Å². The second-order valence-electron chi connectivity index (χ2n) is 8.08. The summed E-state index contributed by atoms with van der Waals surface area (Å²) < 4.78 is 10.2. The first kappa shape index (κ1) is 20.0. The summed E-state index contributed by atoms with van der Waals surface area (Å²) in [6, 6.07) is 3.89. The predicted molar refractivity (Wildman–Crippen MR) is 103 cm³/mol. The van der Waals surface area contributed by atoms with Crippen LogP contribution in [0.5, 0.6) is 0 Å². The summed E-state index contributed by atoms with van der Waals surface area (Å²) in [6.07, 6.45) is 2.77. The number of carbonyl (C=O) groups excluding carboxylic acids is 2. The van der Waals surface area contributed by atoms with Crippen LogP contribution in [-0.4, -0.2) is 36.1 Å². The molecule has 0 radical (unpaired) electrons. The zero-order valence-corrected chi connectivity index (χ0v) is 17.4. The molecule has 0 aromatic carbocycles. The van der Waals surface area contributed by atoms with Gasteiger partial charge in [0.25, 0.3) is 0 Å². The van der Waals surface area contributed by atoms with Crippen LogP contribution < -0.4 is 0 Å². The Morgan fingerprint density at radius 3 is 2.07 bits per heavy atom. The van der Waals surface area contributed by atoms with Gasteiger partial charge in [-0.1, -0.05) is 26.7 Å². The molecule has 1 aromatic heterocycles. The molecule has 1 heterocycles. The van der Waals surface area contributed by atoms with Crippen molar-refractivity contribution in [3.63, 3.8) is 0 Å². The molecule has 1 aromatic rings. The molecular formula is C22H22N4O4. The van der Waals surface area contributed by atoms with Gasteiger partial charge >= 0.3 is 11.9 Å². The summed E-state index contributed by atoms with van der Waals surface area (Å²) in [4.78, 5) is 35.1. The molecule has 4 unspecified atom stereocenters. The Hall–Kier alpha value is -3.26. The number of methoxy groups -OCH3 is 2. The summed E-state index contributed by atoms with van der Waals surface area (Å²) in [5.41, 5.74) is 0.259. The predicted octanol–water partition coefficient (Wildman–Crippen LogP) is 2.43. The van der Waals surface area contributed by atoms with E-state index in [1.54, 1.807) is 0 Å². The highest BCUT2D eigenvalue weighted by Crippen LogP contribution is 2.87. The van der Waals surface area contributed by atoms with Crippen LogP contribution in [0.1, 0.15) is 68.2 Å². The Balaban J connectivity index is 2.11. The number of rotatable bonds is 6. The lowest BCUT2D eigenvalue weighted by Gasteiger charge is -2.30. The summed E-state index contributed by atoms with van der Waals surface area (Å²) >= 11 is 0. The van der Waals surface area contributed by atoms with Crippen LogP contribution in [0.3, 0.4) is 0 Å². The standard InChI is InChI=1S/C22H22N4O4/c1-5-7-21-13(19(27)29-3)14(20(28)30-4)22(8-6-2)17(21)15(21)16-18(22)26-12(10-24)11(9-23)25-16/h15,17H,5-8H2,1-4H3. The van der Waals surface area contributed by atoms with E-state index in [0.29, 0.717) is 29.8 Å². The van der Waals surface area contributed by atoms with Gasteiger partial charge in [-0.15, -0.1) is 0 Å². The second-order valence-corrected chi connectivity index (χ2v) is 8.08. The Labute approximate surface area is 174 Å². The van der Waals surface area contributed by atoms with Gasteiger partial charge in [-0.2, -0.15) is 10.5 Å². The number of nitrogens with zero attached hydrogens (tertiary/aromatic N) is 4. The molecule has 0 aliphatic heterocycles. The topological polar surface area (TPSA) is 126 Å². The van der Waals surface area contributed by atoms with E-state index in [2.05, 4.69) is 9.97 Å². The number of ether oxygens (including phenoxy) is 2. The number of nitriles is 2. The smallest absolute Gasteiger partial charge is 0.335 e. The van der Waals surface area contributed by atoms with Gasteiger partial charge in [-0.25, -0.2) is 19.6 Å². The molecule has 0 spiro atoms. The minimum atomic E-state index is -0.868. The van der Waals surface area contributed by atoms with Gasteiger partial charge in [-0.05, 0) is 18.8 Å². The molecular weight excluding hydrogens is 384 g/mol. The first-order valence-electron chi connectivity index (χ1n) is 10.1. The lowest BCUT2D eigenvalue weighted by atomic mass is 9.73. The van der Waals surface area contributed by atoms with Gasteiger partial charge in [0.15, 0.2) is 11.4 Å². The summed E-state index contributed by atoms with van der Waals surface area (Å²) in [5.74, 6) is -1.33. The van der Waals surface area contributed by atoms with Crippen LogP contribution in [0.15, 0.2) is 11.1 Å². The molecule has 4 rings (SSSR count). The van der Waals surface area contributed by atoms with Crippen LogP contribution in [0.25, 0.3) is 0 Å². The first-order valence-corrected chi connectivity index (χ1v) is 10.1. The highest BCUT2D eigenvalue weighted by Gasteiger charge is 2.85. The second kappa shape index (κ2) is 6.63. The molecule has 4 atom stereocenters. The van der Waals surface area contributed by atoms with Crippen molar-refractivity contribution in [1.82, 2.24) is 9.97 Å². The number of hydrogen-bond donors (Lipinski definition) is 0. The SMILES string of the molecule is CCCC12C(C(=O)OC)=C(C(=O)OC)C3(CCC)C(c4nc(C#N)c(C#N)nc41)C23. The van der Waals surface area contributed by atoms with Crippen molar-refractivity contribution in [2.24, 2.45) is 11.3 Å². The van der Waals surface area contributed by atoms with Crippen LogP contribution >= 0.6 is 0 Å². The quantitative estimate of drug-likeness (QED) is 0.659. The monoisotopic (exact) mass is 406 g/mol. The van der Waals surface area contributed by atoms with Gasteiger partial charge in [0.1, 0.15) is 12.1 Å².